The third-order valence-corrected chi connectivity index (χ3v) is 4.47. The van der Waals surface area contributed by atoms with Gasteiger partial charge in [-0.15, -0.1) is 0 Å². The van der Waals surface area contributed by atoms with Gasteiger partial charge in [-0.1, -0.05) is 11.6 Å². The van der Waals surface area contributed by atoms with Crippen LogP contribution < -0.4 is 15.6 Å². The number of methoxy groups -OCH3 is 1. The Labute approximate surface area is 159 Å². The smallest absolute Gasteiger partial charge is 0.388 e. The Morgan fingerprint density at radius 1 is 1.37 bits per heavy atom. The maximum absolute atomic E-state index is 12.9. The van der Waals surface area contributed by atoms with Gasteiger partial charge in [0, 0.05) is 19.4 Å². The van der Waals surface area contributed by atoms with Gasteiger partial charge in [-0.2, -0.15) is 8.78 Å². The van der Waals surface area contributed by atoms with E-state index >= 15 is 0 Å². The van der Waals surface area contributed by atoms with Crippen molar-refractivity contribution in [3.8, 4) is 5.88 Å². The molecule has 2 heterocycles. The number of rotatable bonds is 8. The molecule has 2 aromatic heterocycles. The van der Waals surface area contributed by atoms with Crippen molar-refractivity contribution in [1.29, 1.82) is 0 Å². The van der Waals surface area contributed by atoms with Crippen molar-refractivity contribution in [3.05, 3.63) is 39.5 Å². The van der Waals surface area contributed by atoms with Crippen molar-refractivity contribution in [2.24, 2.45) is 5.92 Å². The number of ether oxygens (including phenoxy) is 2. The minimum Gasteiger partial charge on any atom is -0.417 e. The van der Waals surface area contributed by atoms with Crippen LogP contribution in [0.1, 0.15) is 24.6 Å². The van der Waals surface area contributed by atoms with Crippen LogP contribution >= 0.6 is 11.6 Å². The van der Waals surface area contributed by atoms with Gasteiger partial charge in [0.2, 0.25) is 5.88 Å². The van der Waals surface area contributed by atoms with E-state index in [1.807, 2.05) is 0 Å². The maximum atomic E-state index is 12.9. The molecule has 0 unspecified atom stereocenters. The van der Waals surface area contributed by atoms with Crippen LogP contribution in [-0.4, -0.2) is 34.9 Å². The van der Waals surface area contributed by atoms with Crippen molar-refractivity contribution in [3.63, 3.8) is 0 Å². The third-order valence-electron chi connectivity index (χ3n) is 4.29. The Kier molecular flexibility index (Phi) is 5.91. The van der Waals surface area contributed by atoms with Crippen LogP contribution in [0.2, 0.25) is 5.15 Å². The summed E-state index contributed by atoms with van der Waals surface area (Å²) in [7, 11) is 1.58. The SMILES string of the molecule is COC[C@H](C1CC1)n1cc(Cl)nc(Nc2ccc(OC(F)F)nc2C)c1=O. The molecule has 1 atom stereocenters. The molecule has 1 saturated carbocycles. The Bertz CT molecular complexity index is 874. The van der Waals surface area contributed by atoms with Gasteiger partial charge >= 0.3 is 6.61 Å². The normalized spacial score (nSPS) is 15.0. The van der Waals surface area contributed by atoms with Gasteiger partial charge in [0.05, 0.1) is 24.0 Å². The van der Waals surface area contributed by atoms with Gasteiger partial charge in [-0.3, -0.25) is 4.79 Å². The molecule has 27 heavy (non-hydrogen) atoms. The first-order chi connectivity index (χ1) is 12.9. The van der Waals surface area contributed by atoms with Crippen molar-refractivity contribution in [2.45, 2.75) is 32.4 Å². The van der Waals surface area contributed by atoms with Crippen LogP contribution in [0.3, 0.4) is 0 Å². The number of aryl methyl sites for hydroxylation is 1. The van der Waals surface area contributed by atoms with Gasteiger partial charge in [0.1, 0.15) is 5.15 Å². The average molecular weight is 401 g/mol. The molecule has 10 heteroatoms. The molecule has 0 aliphatic heterocycles. The number of alkyl halides is 2. The Balaban J connectivity index is 1.90. The van der Waals surface area contributed by atoms with E-state index in [2.05, 4.69) is 20.0 Å². The van der Waals surface area contributed by atoms with Gasteiger partial charge in [-0.05, 0) is 31.7 Å². The molecule has 0 spiro atoms. The molecule has 1 aliphatic carbocycles. The molecule has 0 amide bonds. The van der Waals surface area contributed by atoms with Gasteiger partial charge in [0.15, 0.2) is 5.82 Å². The summed E-state index contributed by atoms with van der Waals surface area (Å²) in [4.78, 5) is 20.9. The number of hydrogen-bond acceptors (Lipinski definition) is 6. The number of hydrogen-bond donors (Lipinski definition) is 1. The third kappa shape index (κ3) is 4.72. The van der Waals surface area contributed by atoms with E-state index in [4.69, 9.17) is 16.3 Å². The molecule has 0 radical (unpaired) electrons. The molecule has 0 aromatic carbocycles. The van der Waals surface area contributed by atoms with E-state index < -0.39 is 6.61 Å². The van der Waals surface area contributed by atoms with E-state index in [0.717, 1.165) is 12.8 Å². The fraction of sp³-hybridized carbons (Fsp3) is 0.471. The molecular weight excluding hydrogens is 382 g/mol. The first-order valence-corrected chi connectivity index (χ1v) is 8.74. The van der Waals surface area contributed by atoms with Gasteiger partial charge < -0.3 is 19.4 Å². The summed E-state index contributed by atoms with van der Waals surface area (Å²) < 4.78 is 35.6. The first kappa shape index (κ1) is 19.5. The lowest BCUT2D eigenvalue weighted by Crippen LogP contribution is -2.30. The molecule has 1 fully saturated rings. The monoisotopic (exact) mass is 400 g/mol. The molecule has 1 N–H and O–H groups in total. The molecule has 7 nitrogen and oxygen atoms in total. The highest BCUT2D eigenvalue weighted by Gasteiger charge is 2.33. The summed E-state index contributed by atoms with van der Waals surface area (Å²) in [5, 5.41) is 3.04. The molecule has 0 bridgehead atoms. The number of anilines is 2. The second kappa shape index (κ2) is 8.18. The molecule has 3 rings (SSSR count). The zero-order valence-corrected chi connectivity index (χ0v) is 15.5. The summed E-state index contributed by atoms with van der Waals surface area (Å²) in [6.45, 7) is -0.968. The van der Waals surface area contributed by atoms with Crippen LogP contribution in [0.4, 0.5) is 20.3 Å². The number of pyridine rings is 1. The van der Waals surface area contributed by atoms with Crippen molar-refractivity contribution < 1.29 is 18.3 Å². The van der Waals surface area contributed by atoms with Gasteiger partial charge in [0.25, 0.3) is 5.56 Å². The highest BCUT2D eigenvalue weighted by Crippen LogP contribution is 2.39. The average Bonchev–Trinajstić information content (AvgIpc) is 3.42. The zero-order valence-electron chi connectivity index (χ0n) is 14.8. The lowest BCUT2D eigenvalue weighted by molar-refractivity contribution is -0.0529. The standard InChI is InChI=1S/C17H19ClF2N4O3/c1-9-11(5-6-14(21-9)27-17(19)20)22-15-16(25)24(7-13(18)23-15)12(8-26-2)10-3-4-10/h5-7,10,12,17H,3-4,8H2,1-2H3,(H,22,23)/t12-/m1/s1. The summed E-state index contributed by atoms with van der Waals surface area (Å²) >= 11 is 6.11. The molecule has 0 saturated heterocycles. The highest BCUT2D eigenvalue weighted by atomic mass is 35.5. The molecule has 146 valence electrons. The summed E-state index contributed by atoms with van der Waals surface area (Å²) in [5.74, 6) is 0.179. The van der Waals surface area contributed by atoms with E-state index in [1.165, 1.54) is 22.9 Å². The second-order valence-electron chi connectivity index (χ2n) is 6.27. The highest BCUT2D eigenvalue weighted by molar-refractivity contribution is 6.29. The lowest BCUT2D eigenvalue weighted by atomic mass is 10.2. The lowest BCUT2D eigenvalue weighted by Gasteiger charge is -2.20. The fourth-order valence-electron chi connectivity index (χ4n) is 2.86. The minimum atomic E-state index is -2.96. The van der Waals surface area contributed by atoms with E-state index in [0.29, 0.717) is 23.9 Å². The second-order valence-corrected chi connectivity index (χ2v) is 6.66. The zero-order chi connectivity index (χ0) is 19.6. The molecule has 2 aromatic rings. The van der Waals surface area contributed by atoms with E-state index in [9.17, 15) is 13.6 Å². The van der Waals surface area contributed by atoms with Crippen molar-refractivity contribution in [1.82, 2.24) is 14.5 Å². The van der Waals surface area contributed by atoms with Crippen LogP contribution in [-0.2, 0) is 4.74 Å². The Morgan fingerprint density at radius 2 is 2.11 bits per heavy atom. The van der Waals surface area contributed by atoms with Crippen LogP contribution in [0.15, 0.2) is 23.1 Å². The summed E-state index contributed by atoms with van der Waals surface area (Å²) in [6.07, 6.45) is 3.55. The summed E-state index contributed by atoms with van der Waals surface area (Å²) in [6, 6.07) is 2.65. The Hall–Kier alpha value is -2.26. The van der Waals surface area contributed by atoms with Crippen LogP contribution in [0.25, 0.3) is 0 Å². The van der Waals surface area contributed by atoms with Gasteiger partial charge in [-0.25, -0.2) is 9.97 Å². The largest absolute Gasteiger partial charge is 0.417 e. The first-order valence-electron chi connectivity index (χ1n) is 8.36. The molecule has 1 aliphatic rings. The van der Waals surface area contributed by atoms with Crippen LogP contribution in [0, 0.1) is 12.8 Å². The van der Waals surface area contributed by atoms with Crippen LogP contribution in [0.5, 0.6) is 5.88 Å². The minimum absolute atomic E-state index is 0.0247. The maximum Gasteiger partial charge on any atom is 0.388 e. The number of halogens is 3. The predicted molar refractivity (Wildman–Crippen MR) is 96.0 cm³/mol. The topological polar surface area (TPSA) is 78.3 Å². The number of nitrogens with zero attached hydrogens (tertiary/aromatic N) is 3. The predicted octanol–water partition coefficient (Wildman–Crippen LogP) is 3.54. The fourth-order valence-corrected chi connectivity index (χ4v) is 3.05. The van der Waals surface area contributed by atoms with E-state index in [-0.39, 0.29) is 28.5 Å². The number of nitrogens with one attached hydrogen (secondary N) is 1. The quantitative estimate of drug-likeness (QED) is 0.730. The molecular formula is C17H19ClF2N4O3. The summed E-state index contributed by atoms with van der Waals surface area (Å²) in [5.41, 5.74) is 0.460. The van der Waals surface area contributed by atoms with Crippen molar-refractivity contribution >= 4 is 23.1 Å². The number of aromatic nitrogens is 3. The van der Waals surface area contributed by atoms with Crippen molar-refractivity contribution in [2.75, 3.05) is 19.0 Å². The Morgan fingerprint density at radius 3 is 2.70 bits per heavy atom. The van der Waals surface area contributed by atoms with E-state index in [1.54, 1.807) is 14.0 Å².